The van der Waals surface area contributed by atoms with E-state index in [1.165, 1.54) is 24.3 Å². The molecule has 0 aliphatic rings. The van der Waals surface area contributed by atoms with Crippen LogP contribution in [0, 0.1) is 0 Å². The van der Waals surface area contributed by atoms with E-state index in [1.807, 2.05) is 0 Å². The summed E-state index contributed by atoms with van der Waals surface area (Å²) in [6.45, 7) is 0. The molecular formula is C24H22Cl2N2O5S. The lowest BCUT2D eigenvalue weighted by molar-refractivity contribution is 0.473. The number of nitrogen functional groups attached to an aromatic ring is 2. The molecule has 0 amide bonds. The highest BCUT2D eigenvalue weighted by molar-refractivity contribution is 7.87. The molecule has 0 saturated carbocycles. The second-order valence-electron chi connectivity index (χ2n) is 6.82. The summed E-state index contributed by atoms with van der Waals surface area (Å²) in [5.74, 6) is 2.38. The van der Waals surface area contributed by atoms with Crippen molar-refractivity contribution in [2.24, 2.45) is 0 Å². The maximum Gasteiger partial charge on any atom is 0.339 e. The summed E-state index contributed by atoms with van der Waals surface area (Å²) in [5, 5.41) is 0. The van der Waals surface area contributed by atoms with E-state index >= 15 is 0 Å². The van der Waals surface area contributed by atoms with E-state index < -0.39 is 10.1 Å². The molecule has 0 unspecified atom stereocenters. The molecule has 0 spiro atoms. The van der Waals surface area contributed by atoms with Gasteiger partial charge in [-0.05, 0) is 97.1 Å². The van der Waals surface area contributed by atoms with Crippen molar-refractivity contribution in [1.29, 1.82) is 0 Å². The maximum atomic E-state index is 12.6. The Bertz CT molecular complexity index is 1300. The molecule has 7 nitrogen and oxygen atoms in total. The highest BCUT2D eigenvalue weighted by Crippen LogP contribution is 2.27. The molecule has 0 bridgehead atoms. The molecule has 0 radical (unpaired) electrons. The minimum absolute atomic E-state index is 0. The fourth-order valence-corrected chi connectivity index (χ4v) is 3.69. The molecular weight excluding hydrogens is 499 g/mol. The van der Waals surface area contributed by atoms with Crippen LogP contribution in [0.2, 0.25) is 0 Å². The lowest BCUT2D eigenvalue weighted by atomic mass is 10.3. The van der Waals surface area contributed by atoms with Crippen LogP contribution in [-0.2, 0) is 10.1 Å². The molecule has 0 heterocycles. The Balaban J connectivity index is 0.00000204. The summed E-state index contributed by atoms with van der Waals surface area (Å²) in [4.78, 5) is 0.00403. The van der Waals surface area contributed by atoms with Gasteiger partial charge in [-0.3, -0.25) is 0 Å². The van der Waals surface area contributed by atoms with Crippen molar-refractivity contribution in [1.82, 2.24) is 0 Å². The number of hydrogen-bond donors (Lipinski definition) is 2. The first-order valence-corrected chi connectivity index (χ1v) is 11.0. The fraction of sp³-hybridized carbons (Fsp3) is 0. The maximum absolute atomic E-state index is 12.6. The SMILES string of the molecule is Cl.Cl.Nc1ccc(Oc2ccc(OS(=O)(=O)c3ccc(Oc4ccc(N)cc4)cc3)cc2)cc1. The molecule has 0 fully saturated rings. The Morgan fingerprint density at radius 1 is 0.471 bits per heavy atom. The van der Waals surface area contributed by atoms with Gasteiger partial charge in [-0.1, -0.05) is 0 Å². The van der Waals surface area contributed by atoms with Crippen LogP contribution in [0.15, 0.2) is 102 Å². The normalized spacial score (nSPS) is 10.4. The molecule has 4 aromatic rings. The van der Waals surface area contributed by atoms with Crippen LogP contribution in [0.1, 0.15) is 0 Å². The van der Waals surface area contributed by atoms with E-state index in [1.54, 1.807) is 72.8 Å². The summed E-state index contributed by atoms with van der Waals surface area (Å²) < 4.78 is 41.8. The van der Waals surface area contributed by atoms with Gasteiger partial charge in [0.1, 0.15) is 33.6 Å². The van der Waals surface area contributed by atoms with Crippen LogP contribution in [0.4, 0.5) is 11.4 Å². The Labute approximate surface area is 210 Å². The first kappa shape index (κ1) is 26.7. The molecule has 0 saturated heterocycles. The molecule has 0 aromatic heterocycles. The summed E-state index contributed by atoms with van der Waals surface area (Å²) >= 11 is 0. The monoisotopic (exact) mass is 520 g/mol. The Hall–Kier alpha value is -3.59. The van der Waals surface area contributed by atoms with Crippen molar-refractivity contribution < 1.29 is 22.1 Å². The minimum Gasteiger partial charge on any atom is -0.457 e. The first-order valence-electron chi connectivity index (χ1n) is 9.59. The third-order valence-corrected chi connectivity index (χ3v) is 5.64. The zero-order chi connectivity index (χ0) is 22.6. The number of halogens is 2. The van der Waals surface area contributed by atoms with Crippen LogP contribution in [0.5, 0.6) is 28.7 Å². The van der Waals surface area contributed by atoms with Crippen LogP contribution in [0.25, 0.3) is 0 Å². The number of anilines is 2. The molecule has 4 aromatic carbocycles. The van der Waals surface area contributed by atoms with Crippen LogP contribution in [0.3, 0.4) is 0 Å². The predicted molar refractivity (Wildman–Crippen MR) is 137 cm³/mol. The van der Waals surface area contributed by atoms with Crippen molar-refractivity contribution in [2.75, 3.05) is 11.5 Å². The van der Waals surface area contributed by atoms with Crippen molar-refractivity contribution in [3.05, 3.63) is 97.1 Å². The quantitative estimate of drug-likeness (QED) is 0.225. The van der Waals surface area contributed by atoms with Gasteiger partial charge in [0.2, 0.25) is 0 Å². The molecule has 10 heteroatoms. The number of hydrogen-bond acceptors (Lipinski definition) is 7. The van der Waals surface area contributed by atoms with Gasteiger partial charge in [-0.2, -0.15) is 8.42 Å². The fourth-order valence-electron chi connectivity index (χ4n) is 2.76. The van der Waals surface area contributed by atoms with Gasteiger partial charge in [0.05, 0.1) is 0 Å². The van der Waals surface area contributed by atoms with E-state index in [0.717, 1.165) is 0 Å². The number of rotatable bonds is 7. The van der Waals surface area contributed by atoms with Crippen LogP contribution >= 0.6 is 24.8 Å². The van der Waals surface area contributed by atoms with Crippen molar-refractivity contribution in [3.63, 3.8) is 0 Å². The van der Waals surface area contributed by atoms with Gasteiger partial charge in [-0.15, -0.1) is 24.8 Å². The highest BCUT2D eigenvalue weighted by atomic mass is 35.5. The van der Waals surface area contributed by atoms with Crippen molar-refractivity contribution in [3.8, 4) is 28.7 Å². The second-order valence-corrected chi connectivity index (χ2v) is 8.37. The molecule has 4 N–H and O–H groups in total. The lowest BCUT2D eigenvalue weighted by Gasteiger charge is -2.10. The molecule has 34 heavy (non-hydrogen) atoms. The largest absolute Gasteiger partial charge is 0.457 e. The summed E-state index contributed by atoms with van der Waals surface area (Å²) in [7, 11) is -4.01. The van der Waals surface area contributed by atoms with Crippen LogP contribution < -0.4 is 25.1 Å². The van der Waals surface area contributed by atoms with Gasteiger partial charge in [0.15, 0.2) is 0 Å². The second kappa shape index (κ2) is 11.5. The molecule has 0 aliphatic carbocycles. The summed E-state index contributed by atoms with van der Waals surface area (Å²) in [5.41, 5.74) is 12.6. The molecule has 0 aliphatic heterocycles. The van der Waals surface area contributed by atoms with E-state index in [-0.39, 0.29) is 35.5 Å². The average Bonchev–Trinajstić information content (AvgIpc) is 2.78. The first-order chi connectivity index (χ1) is 15.4. The lowest BCUT2D eigenvalue weighted by Crippen LogP contribution is -2.09. The molecule has 4 rings (SSSR count). The third kappa shape index (κ3) is 6.95. The predicted octanol–water partition coefficient (Wildman–Crippen LogP) is 6.05. The average molecular weight is 521 g/mol. The smallest absolute Gasteiger partial charge is 0.339 e. The zero-order valence-corrected chi connectivity index (χ0v) is 20.1. The van der Waals surface area contributed by atoms with Gasteiger partial charge in [-0.25, -0.2) is 0 Å². The molecule has 178 valence electrons. The van der Waals surface area contributed by atoms with Gasteiger partial charge in [0, 0.05) is 11.4 Å². The summed E-state index contributed by atoms with van der Waals surface area (Å²) in [6, 6.07) is 26.0. The van der Waals surface area contributed by atoms with E-state index in [0.29, 0.717) is 34.4 Å². The summed E-state index contributed by atoms with van der Waals surface area (Å²) in [6.07, 6.45) is 0. The molecule has 0 atom stereocenters. The Kier molecular flexibility index (Phi) is 9.03. The number of ether oxygens (including phenoxy) is 2. The highest BCUT2D eigenvalue weighted by Gasteiger charge is 2.17. The van der Waals surface area contributed by atoms with E-state index in [2.05, 4.69) is 0 Å². The van der Waals surface area contributed by atoms with Crippen molar-refractivity contribution >= 4 is 46.3 Å². The Morgan fingerprint density at radius 3 is 1.15 bits per heavy atom. The van der Waals surface area contributed by atoms with E-state index in [9.17, 15) is 8.42 Å². The van der Waals surface area contributed by atoms with Gasteiger partial charge < -0.3 is 25.1 Å². The Morgan fingerprint density at radius 2 is 0.765 bits per heavy atom. The third-order valence-electron chi connectivity index (χ3n) is 4.37. The van der Waals surface area contributed by atoms with E-state index in [4.69, 9.17) is 25.1 Å². The van der Waals surface area contributed by atoms with Gasteiger partial charge >= 0.3 is 10.1 Å². The number of benzene rings is 4. The topological polar surface area (TPSA) is 114 Å². The number of nitrogens with two attached hydrogens (primary N) is 2. The van der Waals surface area contributed by atoms with Crippen LogP contribution in [-0.4, -0.2) is 8.42 Å². The standard InChI is InChI=1S/C24H20N2O5S.2ClH/c25-17-1-5-19(6-2-17)29-21-9-11-23(12-10-21)31-32(27,28)24-15-13-22(14-16-24)30-20-7-3-18(26)4-8-20;;/h1-16H,25-26H2;2*1H. The van der Waals surface area contributed by atoms with Gasteiger partial charge in [0.25, 0.3) is 0 Å². The zero-order valence-electron chi connectivity index (χ0n) is 17.7. The van der Waals surface area contributed by atoms with Crippen molar-refractivity contribution in [2.45, 2.75) is 4.90 Å². The minimum atomic E-state index is -4.01.